The van der Waals surface area contributed by atoms with Gasteiger partial charge < -0.3 is 19.7 Å². The van der Waals surface area contributed by atoms with Crippen molar-refractivity contribution in [3.63, 3.8) is 0 Å². The van der Waals surface area contributed by atoms with E-state index in [9.17, 15) is 29.4 Å². The highest BCUT2D eigenvalue weighted by Crippen LogP contribution is 2.73. The maximum absolute atomic E-state index is 18.2. The average Bonchev–Trinajstić information content (AvgIpc) is 3.12. The molecule has 3 saturated carbocycles. The van der Waals surface area contributed by atoms with Gasteiger partial charge >= 0.3 is 17.9 Å². The second kappa shape index (κ2) is 11.2. The number of unbranched alkanes of at least 4 members (excludes halogenated alkanes) is 3. The molecule has 10 heteroatoms. The molecular formula is C32H46ClFO8. The van der Waals surface area contributed by atoms with Gasteiger partial charge in [0, 0.05) is 42.4 Å². The molecule has 0 heterocycles. The second-order valence-electron chi connectivity index (χ2n) is 13.7. The third-order valence-electron chi connectivity index (χ3n) is 11.5. The molecule has 0 bridgehead atoms. The second-order valence-corrected chi connectivity index (χ2v) is 14.1. The Morgan fingerprint density at radius 3 is 2.33 bits per heavy atom. The van der Waals surface area contributed by atoms with Gasteiger partial charge in [-0.1, -0.05) is 65.5 Å². The molecule has 42 heavy (non-hydrogen) atoms. The van der Waals surface area contributed by atoms with Crippen molar-refractivity contribution in [1.29, 1.82) is 0 Å². The first-order valence-electron chi connectivity index (χ1n) is 15.5. The van der Waals surface area contributed by atoms with E-state index < -0.39 is 75.2 Å². The summed E-state index contributed by atoms with van der Waals surface area (Å²) in [6, 6.07) is 0. The number of allylic oxidation sites excluding steroid dienone is 1. The zero-order valence-corrected chi connectivity index (χ0v) is 26.4. The number of aliphatic hydroxyl groups is 1. The first-order chi connectivity index (χ1) is 19.5. The van der Waals surface area contributed by atoms with Crippen molar-refractivity contribution in [2.75, 3.05) is 0 Å². The molecule has 0 aromatic heterocycles. The van der Waals surface area contributed by atoms with Crippen LogP contribution in [-0.2, 0) is 28.7 Å². The minimum absolute atomic E-state index is 0.0171. The summed E-state index contributed by atoms with van der Waals surface area (Å²) in [6.07, 6.45) is 2.18. The van der Waals surface area contributed by atoms with Crippen LogP contribution in [0.25, 0.3) is 0 Å². The molecule has 0 radical (unpaired) electrons. The molecule has 4 aliphatic rings. The molecule has 8 nitrogen and oxygen atoms in total. The van der Waals surface area contributed by atoms with Crippen molar-refractivity contribution in [2.45, 2.75) is 135 Å². The molecule has 236 valence electrons. The summed E-state index contributed by atoms with van der Waals surface area (Å²) >= 11 is 6.76. The van der Waals surface area contributed by atoms with E-state index in [0.717, 1.165) is 19.3 Å². The number of rotatable bonds is 9. The molecule has 4 rings (SSSR count). The van der Waals surface area contributed by atoms with Crippen molar-refractivity contribution in [3.8, 4) is 0 Å². The topological polar surface area (TPSA) is 127 Å². The van der Waals surface area contributed by atoms with Crippen LogP contribution in [0.1, 0.15) is 112 Å². The van der Waals surface area contributed by atoms with E-state index in [1.54, 1.807) is 27.7 Å². The van der Waals surface area contributed by atoms with Gasteiger partial charge in [-0.05, 0) is 50.0 Å². The number of alkyl halides is 1. The first kappa shape index (κ1) is 32.9. The number of ether oxygens (including phenoxy) is 2. The van der Waals surface area contributed by atoms with Crippen LogP contribution in [0.2, 0.25) is 0 Å². The van der Waals surface area contributed by atoms with Crippen LogP contribution in [0.5, 0.6) is 0 Å². The predicted molar refractivity (Wildman–Crippen MR) is 153 cm³/mol. The minimum atomic E-state index is -2.30. The molecule has 0 amide bonds. The number of esters is 2. The number of halogens is 2. The Balaban J connectivity index is 1.84. The summed E-state index contributed by atoms with van der Waals surface area (Å²) in [5.41, 5.74) is -8.18. The Bertz CT molecular complexity index is 1190. The summed E-state index contributed by atoms with van der Waals surface area (Å²) in [6.45, 7) is 9.93. The van der Waals surface area contributed by atoms with E-state index in [-0.39, 0.29) is 50.0 Å². The monoisotopic (exact) mass is 612 g/mol. The summed E-state index contributed by atoms with van der Waals surface area (Å²) in [7, 11) is 0. The lowest BCUT2D eigenvalue weighted by atomic mass is 9.43. The van der Waals surface area contributed by atoms with Crippen LogP contribution >= 0.6 is 11.6 Å². The van der Waals surface area contributed by atoms with Gasteiger partial charge in [0.05, 0.1) is 11.1 Å². The maximum Gasteiger partial charge on any atom is 0.349 e. The van der Waals surface area contributed by atoms with E-state index in [1.807, 2.05) is 0 Å². The van der Waals surface area contributed by atoms with Gasteiger partial charge in [0.1, 0.15) is 5.67 Å². The third kappa shape index (κ3) is 4.38. The lowest BCUT2D eigenvalue weighted by molar-refractivity contribution is -0.245. The highest BCUT2D eigenvalue weighted by atomic mass is 35.5. The molecular weight excluding hydrogens is 567 g/mol. The van der Waals surface area contributed by atoms with Gasteiger partial charge in [-0.25, -0.2) is 9.18 Å². The smallest absolute Gasteiger partial charge is 0.349 e. The van der Waals surface area contributed by atoms with Gasteiger partial charge in [0.2, 0.25) is 11.4 Å². The normalized spacial score (nSPS) is 42.8. The number of carbonyl (C=O) groups is 4. The molecule has 0 spiro atoms. The van der Waals surface area contributed by atoms with Crippen LogP contribution in [0.3, 0.4) is 0 Å². The Kier molecular flexibility index (Phi) is 8.75. The van der Waals surface area contributed by atoms with Crippen LogP contribution in [0.4, 0.5) is 4.39 Å². The number of aliphatic carboxylic acids is 1. The Morgan fingerprint density at radius 2 is 1.76 bits per heavy atom. The fourth-order valence-electron chi connectivity index (χ4n) is 9.64. The number of hydrogen-bond donors (Lipinski definition) is 2. The fourth-order valence-corrected chi connectivity index (χ4v) is 10.1. The van der Waals surface area contributed by atoms with E-state index >= 15 is 4.39 Å². The Labute approximate surface area is 252 Å². The first-order valence-corrected chi connectivity index (χ1v) is 15.9. The zero-order chi connectivity index (χ0) is 31.5. The molecule has 2 N–H and O–H groups in total. The highest BCUT2D eigenvalue weighted by molar-refractivity contribution is 6.44. The molecule has 0 saturated heterocycles. The van der Waals surface area contributed by atoms with Gasteiger partial charge in [-0.2, -0.15) is 0 Å². The quantitative estimate of drug-likeness (QED) is 0.238. The molecule has 9 atom stereocenters. The van der Waals surface area contributed by atoms with E-state index in [0.29, 0.717) is 12.0 Å². The molecule has 0 aromatic carbocycles. The van der Waals surface area contributed by atoms with Gasteiger partial charge in [0.15, 0.2) is 5.60 Å². The summed E-state index contributed by atoms with van der Waals surface area (Å²) in [5, 5.41) is 22.3. The Morgan fingerprint density at radius 1 is 1.10 bits per heavy atom. The molecule has 4 aliphatic carbocycles. The number of fused-ring (bicyclic) bond motifs is 5. The number of Topliss-reactive ketones (excluding diaryl/α,β-unsaturated/α-hetero) is 1. The standard InChI is InChI=1S/C32H46ClFO8/c1-7-9-10-11-14-30(41-19(4)35)17-29(6)21(25(33)26(30)38)13-12-20-22-15-18(3)32(27(39)40,42-24(37)8-2)28(22,5)16-23(36)31(20,29)34/h18,20,22-23,36H,7-17H2,1-6H3,(H,39,40)/t18-,20+,22+,23+,28+,29+,30?,31+,32-/m1/s1. The zero-order valence-electron chi connectivity index (χ0n) is 25.7. The van der Waals surface area contributed by atoms with Crippen molar-refractivity contribution in [1.82, 2.24) is 0 Å². The predicted octanol–water partition coefficient (Wildman–Crippen LogP) is 6.05. The number of hydrogen-bond acceptors (Lipinski definition) is 7. The molecule has 0 aliphatic heterocycles. The fraction of sp³-hybridized carbons (Fsp3) is 0.812. The van der Waals surface area contributed by atoms with Crippen LogP contribution in [0.15, 0.2) is 10.6 Å². The van der Waals surface area contributed by atoms with Crippen molar-refractivity contribution in [3.05, 3.63) is 10.6 Å². The van der Waals surface area contributed by atoms with Crippen molar-refractivity contribution >= 4 is 35.3 Å². The number of aliphatic hydroxyl groups excluding tert-OH is 1. The summed E-state index contributed by atoms with van der Waals surface area (Å²) < 4.78 is 29.7. The maximum atomic E-state index is 18.2. The van der Waals surface area contributed by atoms with Gasteiger partial charge in [0.25, 0.3) is 0 Å². The van der Waals surface area contributed by atoms with Gasteiger partial charge in [-0.3, -0.25) is 14.4 Å². The number of ketones is 1. The largest absolute Gasteiger partial charge is 0.478 e. The molecule has 3 fully saturated rings. The summed E-state index contributed by atoms with van der Waals surface area (Å²) in [5.74, 6) is -5.12. The van der Waals surface area contributed by atoms with E-state index in [1.165, 1.54) is 6.92 Å². The molecule has 0 aromatic rings. The summed E-state index contributed by atoms with van der Waals surface area (Å²) in [4.78, 5) is 51.6. The van der Waals surface area contributed by atoms with E-state index in [2.05, 4.69) is 6.92 Å². The van der Waals surface area contributed by atoms with Crippen LogP contribution in [0, 0.1) is 28.6 Å². The van der Waals surface area contributed by atoms with Crippen LogP contribution < -0.4 is 0 Å². The SMILES string of the molecule is CCCCCCC1(OC(C)=O)C[C@@]2(C)C(=C(Cl)C1=O)CC[C@H]1[C@@H]3C[C@@H](C)[C@@](OC(=O)CC)(C(=O)O)[C@@]3(C)C[C@H](O)[C@@]12F. The van der Waals surface area contributed by atoms with Crippen molar-refractivity contribution < 1.29 is 43.3 Å². The third-order valence-corrected chi connectivity index (χ3v) is 11.9. The minimum Gasteiger partial charge on any atom is -0.478 e. The Hall–Kier alpha value is -2.00. The highest BCUT2D eigenvalue weighted by Gasteiger charge is 2.79. The van der Waals surface area contributed by atoms with Gasteiger partial charge in [-0.15, -0.1) is 0 Å². The lowest BCUT2D eigenvalue weighted by Gasteiger charge is -2.64. The molecule has 1 unspecified atom stereocenters. The van der Waals surface area contributed by atoms with Crippen LogP contribution in [-0.4, -0.2) is 56.9 Å². The number of carbonyl (C=O) groups excluding carboxylic acids is 3. The number of carboxylic acids is 1. The van der Waals surface area contributed by atoms with Crippen molar-refractivity contribution in [2.24, 2.45) is 28.6 Å². The average molecular weight is 613 g/mol. The number of carboxylic acid groups (broad SMARTS) is 1. The lowest BCUT2D eigenvalue weighted by Crippen LogP contribution is -2.72. The van der Waals surface area contributed by atoms with E-state index in [4.69, 9.17) is 21.1 Å².